The minimum Gasteiger partial charge on any atom is -0.307 e. The van der Waals surface area contributed by atoms with Gasteiger partial charge in [-0.1, -0.05) is 24.6 Å². The predicted octanol–water partition coefficient (Wildman–Crippen LogP) is 3.52. The molecule has 0 unspecified atom stereocenters. The molecule has 1 saturated carbocycles. The molecule has 1 rings (SSSR count). The van der Waals surface area contributed by atoms with Crippen LogP contribution >= 0.6 is 23.2 Å². The van der Waals surface area contributed by atoms with Crippen LogP contribution in [0.15, 0.2) is 11.6 Å². The van der Waals surface area contributed by atoms with Gasteiger partial charge in [-0.05, 0) is 31.6 Å². The van der Waals surface area contributed by atoms with Gasteiger partial charge in [-0.2, -0.15) is 0 Å². The van der Waals surface area contributed by atoms with Crippen molar-refractivity contribution in [1.82, 2.24) is 5.32 Å². The lowest BCUT2D eigenvalue weighted by Crippen LogP contribution is -2.49. The number of rotatable bonds is 4. The first-order chi connectivity index (χ1) is 6.72. The van der Waals surface area contributed by atoms with Crippen molar-refractivity contribution in [3.63, 3.8) is 0 Å². The summed E-state index contributed by atoms with van der Waals surface area (Å²) in [5.41, 5.74) is 1.71. The van der Waals surface area contributed by atoms with Gasteiger partial charge in [0.15, 0.2) is 0 Å². The van der Waals surface area contributed by atoms with Crippen molar-refractivity contribution in [2.24, 2.45) is 5.92 Å². The third-order valence-corrected chi connectivity index (χ3v) is 3.86. The molecule has 82 valence electrons. The fourth-order valence-electron chi connectivity index (χ4n) is 1.99. The van der Waals surface area contributed by atoms with Crippen LogP contribution in [0.25, 0.3) is 0 Å². The maximum Gasteiger partial charge on any atom is 0.0406 e. The Morgan fingerprint density at radius 3 is 2.57 bits per heavy atom. The molecule has 0 aromatic carbocycles. The first kappa shape index (κ1) is 12.4. The number of nitrogens with one attached hydrogen (secondary N) is 1. The molecular weight excluding hydrogens is 217 g/mol. The minimum absolute atomic E-state index is 0.157. The smallest absolute Gasteiger partial charge is 0.0406 e. The zero-order valence-corrected chi connectivity index (χ0v) is 10.2. The normalized spacial score (nSPS) is 33.8. The second kappa shape index (κ2) is 5.99. The first-order valence-corrected chi connectivity index (χ1v) is 6.26. The van der Waals surface area contributed by atoms with Gasteiger partial charge in [0.2, 0.25) is 0 Å². The summed E-state index contributed by atoms with van der Waals surface area (Å²) in [5.74, 6) is 1.56. The highest BCUT2D eigenvalue weighted by Crippen LogP contribution is 2.32. The molecule has 14 heavy (non-hydrogen) atoms. The third-order valence-electron chi connectivity index (χ3n) is 3.17. The van der Waals surface area contributed by atoms with E-state index in [0.717, 1.165) is 12.5 Å². The molecule has 0 aromatic rings. The molecule has 0 bridgehead atoms. The molecule has 1 aliphatic rings. The quantitative estimate of drug-likeness (QED) is 0.736. The van der Waals surface area contributed by atoms with Crippen molar-refractivity contribution in [3.8, 4) is 0 Å². The van der Waals surface area contributed by atoms with Crippen molar-refractivity contribution >= 4 is 23.2 Å². The second-order valence-corrected chi connectivity index (χ2v) is 4.86. The zero-order valence-electron chi connectivity index (χ0n) is 8.73. The minimum atomic E-state index is 0.157. The maximum atomic E-state index is 6.04. The molecule has 3 heteroatoms. The van der Waals surface area contributed by atoms with E-state index in [4.69, 9.17) is 23.2 Å². The molecule has 1 aliphatic carbocycles. The van der Waals surface area contributed by atoms with E-state index >= 15 is 0 Å². The Morgan fingerprint density at radius 1 is 1.43 bits per heavy atom. The Balaban J connectivity index is 2.41. The van der Waals surface area contributed by atoms with Crippen LogP contribution in [0.4, 0.5) is 0 Å². The van der Waals surface area contributed by atoms with E-state index in [1.165, 1.54) is 25.7 Å². The van der Waals surface area contributed by atoms with Gasteiger partial charge in [-0.15, -0.1) is 11.6 Å². The highest BCUT2D eigenvalue weighted by molar-refractivity contribution is 6.25. The monoisotopic (exact) mass is 235 g/mol. The summed E-state index contributed by atoms with van der Waals surface area (Å²) in [6.07, 6.45) is 6.87. The van der Waals surface area contributed by atoms with E-state index in [-0.39, 0.29) is 5.54 Å². The summed E-state index contributed by atoms with van der Waals surface area (Å²) in [7, 11) is 0. The van der Waals surface area contributed by atoms with Crippen molar-refractivity contribution in [1.29, 1.82) is 0 Å². The summed E-state index contributed by atoms with van der Waals surface area (Å²) in [5, 5.41) is 3.50. The molecule has 1 fully saturated rings. The van der Waals surface area contributed by atoms with Gasteiger partial charge < -0.3 is 5.32 Å². The standard InChI is InChI=1S/C11H19Cl2N/c1-10-3-5-11(9-13,6-4-10)14-8-2-7-12/h2,7,10,14H,3-6,8-9H2,1H3/b7-2+. The summed E-state index contributed by atoms with van der Waals surface area (Å²) >= 11 is 11.5. The second-order valence-electron chi connectivity index (χ2n) is 4.34. The number of hydrogen-bond donors (Lipinski definition) is 1. The molecule has 1 nitrogen and oxygen atoms in total. The topological polar surface area (TPSA) is 12.0 Å². The van der Waals surface area contributed by atoms with Gasteiger partial charge in [0.05, 0.1) is 0 Å². The van der Waals surface area contributed by atoms with Crippen LogP contribution in [0, 0.1) is 5.92 Å². The van der Waals surface area contributed by atoms with Crippen molar-refractivity contribution in [3.05, 3.63) is 11.6 Å². The number of alkyl halides is 1. The van der Waals surface area contributed by atoms with Crippen molar-refractivity contribution < 1.29 is 0 Å². The van der Waals surface area contributed by atoms with E-state index in [9.17, 15) is 0 Å². The summed E-state index contributed by atoms with van der Waals surface area (Å²) in [4.78, 5) is 0. The highest BCUT2D eigenvalue weighted by atomic mass is 35.5. The summed E-state index contributed by atoms with van der Waals surface area (Å²) in [6.45, 7) is 3.14. The fraction of sp³-hybridized carbons (Fsp3) is 0.818. The molecule has 0 radical (unpaired) electrons. The Kier molecular flexibility index (Phi) is 5.29. The molecule has 0 spiro atoms. The molecule has 0 amide bonds. The molecular formula is C11H19Cl2N. The van der Waals surface area contributed by atoms with Crippen LogP contribution in [-0.4, -0.2) is 18.0 Å². The lowest BCUT2D eigenvalue weighted by atomic mass is 9.78. The van der Waals surface area contributed by atoms with Crippen LogP contribution in [0.2, 0.25) is 0 Å². The largest absolute Gasteiger partial charge is 0.307 e. The SMILES string of the molecule is CC1CCC(CCl)(NC/C=C/Cl)CC1. The van der Waals surface area contributed by atoms with Crippen molar-refractivity contribution in [2.45, 2.75) is 38.1 Å². The molecule has 1 N–H and O–H groups in total. The van der Waals surface area contributed by atoms with Gasteiger partial charge in [0.1, 0.15) is 0 Å². The maximum absolute atomic E-state index is 6.04. The van der Waals surface area contributed by atoms with Crippen molar-refractivity contribution in [2.75, 3.05) is 12.4 Å². The third kappa shape index (κ3) is 3.45. The molecule has 0 aliphatic heterocycles. The predicted molar refractivity (Wildman–Crippen MR) is 64.1 cm³/mol. The van der Waals surface area contributed by atoms with E-state index in [2.05, 4.69) is 12.2 Å². The van der Waals surface area contributed by atoms with Crippen LogP contribution in [0.3, 0.4) is 0 Å². The van der Waals surface area contributed by atoms with Crippen LogP contribution in [-0.2, 0) is 0 Å². The summed E-state index contributed by atoms with van der Waals surface area (Å²) in [6, 6.07) is 0. The van der Waals surface area contributed by atoms with Crippen LogP contribution in [0.5, 0.6) is 0 Å². The molecule has 0 heterocycles. The molecule has 0 atom stereocenters. The van der Waals surface area contributed by atoms with Gasteiger partial charge in [0, 0.05) is 23.5 Å². The Hall–Kier alpha value is 0.280. The zero-order chi connectivity index (χ0) is 10.4. The van der Waals surface area contributed by atoms with Gasteiger partial charge in [-0.3, -0.25) is 0 Å². The van der Waals surface area contributed by atoms with Gasteiger partial charge >= 0.3 is 0 Å². The fourth-order valence-corrected chi connectivity index (χ4v) is 2.44. The van der Waals surface area contributed by atoms with E-state index < -0.39 is 0 Å². The first-order valence-electron chi connectivity index (χ1n) is 5.29. The lowest BCUT2D eigenvalue weighted by Gasteiger charge is -2.38. The number of halogens is 2. The van der Waals surface area contributed by atoms with Gasteiger partial charge in [-0.25, -0.2) is 0 Å². The summed E-state index contributed by atoms with van der Waals surface area (Å²) < 4.78 is 0. The highest BCUT2D eigenvalue weighted by Gasteiger charge is 2.32. The van der Waals surface area contributed by atoms with E-state index in [0.29, 0.717) is 5.88 Å². The average molecular weight is 236 g/mol. The Morgan fingerprint density at radius 2 is 2.07 bits per heavy atom. The Bertz CT molecular complexity index is 184. The average Bonchev–Trinajstić information content (AvgIpc) is 2.22. The number of hydrogen-bond acceptors (Lipinski definition) is 1. The molecule has 0 aromatic heterocycles. The Labute approximate surface area is 96.8 Å². The van der Waals surface area contributed by atoms with E-state index in [1.54, 1.807) is 5.54 Å². The van der Waals surface area contributed by atoms with Gasteiger partial charge in [0.25, 0.3) is 0 Å². The van der Waals surface area contributed by atoms with Crippen LogP contribution in [0.1, 0.15) is 32.6 Å². The van der Waals surface area contributed by atoms with Crippen LogP contribution < -0.4 is 5.32 Å². The lowest BCUT2D eigenvalue weighted by molar-refractivity contribution is 0.224. The molecule has 0 saturated heterocycles. The van der Waals surface area contributed by atoms with E-state index in [1.807, 2.05) is 6.08 Å².